The maximum atomic E-state index is 6.06. The zero-order valence-corrected chi connectivity index (χ0v) is 13.1. The van der Waals surface area contributed by atoms with Gasteiger partial charge in [0.15, 0.2) is 8.32 Å². The Morgan fingerprint density at radius 1 is 0.875 bits per heavy atom. The van der Waals surface area contributed by atoms with Gasteiger partial charge in [-0.3, -0.25) is 0 Å². The average molecular weight is 244 g/mol. The van der Waals surface area contributed by atoms with Gasteiger partial charge in [0.05, 0.1) is 0 Å². The summed E-state index contributed by atoms with van der Waals surface area (Å²) in [5, 5.41) is 0. The van der Waals surface area contributed by atoms with Crippen molar-refractivity contribution in [3.05, 3.63) is 0 Å². The molecule has 2 heteroatoms. The van der Waals surface area contributed by atoms with Gasteiger partial charge in [-0.2, -0.15) is 0 Å². The fourth-order valence-corrected chi connectivity index (χ4v) is 2.56. The summed E-state index contributed by atoms with van der Waals surface area (Å²) in [5.41, 5.74) is 0.733. The second-order valence-corrected chi connectivity index (χ2v) is 10.4. The average Bonchev–Trinajstić information content (AvgIpc) is 2.21. The van der Waals surface area contributed by atoms with Gasteiger partial charge in [-0.05, 0) is 25.1 Å². The molecule has 0 saturated heterocycles. The topological polar surface area (TPSA) is 9.23 Å². The molecule has 0 bridgehead atoms. The Morgan fingerprint density at radius 3 is 1.88 bits per heavy atom. The summed E-state index contributed by atoms with van der Waals surface area (Å²) >= 11 is 0. The van der Waals surface area contributed by atoms with Crippen molar-refractivity contribution >= 4 is 8.32 Å². The maximum absolute atomic E-state index is 6.06. The summed E-state index contributed by atoms with van der Waals surface area (Å²) in [5.74, 6) is 0. The molecule has 0 atom stereocenters. The second kappa shape index (κ2) is 9.23. The summed E-state index contributed by atoms with van der Waals surface area (Å²) in [6.45, 7) is 12.5. The number of hydrogen-bond acceptors (Lipinski definition) is 1. The van der Waals surface area contributed by atoms with E-state index in [2.05, 4.69) is 33.9 Å². The quantitative estimate of drug-likeness (QED) is 0.371. The first-order valence-corrected chi connectivity index (χ1v) is 10.1. The van der Waals surface area contributed by atoms with Crippen molar-refractivity contribution in [2.75, 3.05) is 6.61 Å². The van der Waals surface area contributed by atoms with E-state index >= 15 is 0 Å². The van der Waals surface area contributed by atoms with Crippen LogP contribution in [0.25, 0.3) is 0 Å². The molecule has 0 aliphatic heterocycles. The lowest BCUT2D eigenvalue weighted by Gasteiger charge is -2.26. The highest BCUT2D eigenvalue weighted by atomic mass is 28.4. The summed E-state index contributed by atoms with van der Waals surface area (Å²) in [4.78, 5) is 0. The molecule has 0 aromatic rings. The first kappa shape index (κ1) is 16.2. The number of unbranched alkanes of at least 4 members (excludes halogenated alkanes) is 6. The molecule has 0 aromatic heterocycles. The summed E-state index contributed by atoms with van der Waals surface area (Å²) < 4.78 is 6.06. The van der Waals surface area contributed by atoms with E-state index in [1.165, 1.54) is 44.9 Å². The Hall–Kier alpha value is 0.177. The maximum Gasteiger partial charge on any atom is 0.189 e. The van der Waals surface area contributed by atoms with Crippen LogP contribution in [0.15, 0.2) is 0 Å². The highest BCUT2D eigenvalue weighted by Gasteiger charge is 2.26. The smallest absolute Gasteiger partial charge is 0.189 e. The highest BCUT2D eigenvalue weighted by Crippen LogP contribution is 2.21. The van der Waals surface area contributed by atoms with E-state index in [-0.39, 0.29) is 0 Å². The Bertz CT molecular complexity index is 155. The molecule has 0 amide bonds. The fourth-order valence-electron chi connectivity index (χ4n) is 1.56. The fraction of sp³-hybridized carbons (Fsp3) is 1.00. The van der Waals surface area contributed by atoms with Crippen LogP contribution >= 0.6 is 0 Å². The van der Waals surface area contributed by atoms with Crippen LogP contribution in [0.4, 0.5) is 0 Å². The lowest BCUT2D eigenvalue weighted by atomic mass is 10.1. The monoisotopic (exact) mass is 244 g/mol. The molecule has 0 N–H and O–H groups in total. The van der Waals surface area contributed by atoms with Crippen LogP contribution < -0.4 is 0 Å². The predicted octanol–water partition coefficient (Wildman–Crippen LogP) is 5.37. The summed E-state index contributed by atoms with van der Waals surface area (Å²) in [6.07, 6.45) is 9.60. The lowest BCUT2D eigenvalue weighted by Crippen LogP contribution is -2.34. The van der Waals surface area contributed by atoms with Gasteiger partial charge >= 0.3 is 0 Å². The lowest BCUT2D eigenvalue weighted by molar-refractivity contribution is 0.289. The molecule has 0 aliphatic carbocycles. The third-order valence-electron chi connectivity index (χ3n) is 3.61. The molecular weight excluding hydrogens is 212 g/mol. The molecule has 0 fully saturated rings. The zero-order valence-electron chi connectivity index (χ0n) is 12.1. The van der Waals surface area contributed by atoms with Crippen LogP contribution in [0.3, 0.4) is 0 Å². The van der Waals surface area contributed by atoms with Crippen LogP contribution in [0.1, 0.15) is 65.7 Å². The van der Waals surface area contributed by atoms with Gasteiger partial charge in [0.1, 0.15) is 0 Å². The molecule has 0 aliphatic rings. The normalized spacial score (nSPS) is 12.4. The standard InChI is InChI=1S/C14H32OSi/c1-6-7-8-9-10-11-12-13-15-16(4,5)14(2)3/h14H,6-13H2,1-5H3. The zero-order chi connectivity index (χ0) is 12.4. The molecule has 0 unspecified atom stereocenters. The summed E-state index contributed by atoms with van der Waals surface area (Å²) in [7, 11) is -1.36. The van der Waals surface area contributed by atoms with Gasteiger partial charge < -0.3 is 4.43 Å². The first-order valence-electron chi connectivity index (χ1n) is 7.14. The summed E-state index contributed by atoms with van der Waals surface area (Å²) in [6, 6.07) is 0. The van der Waals surface area contributed by atoms with Crippen molar-refractivity contribution < 1.29 is 4.43 Å². The van der Waals surface area contributed by atoms with E-state index in [0.29, 0.717) is 0 Å². The van der Waals surface area contributed by atoms with Gasteiger partial charge in [0, 0.05) is 6.61 Å². The second-order valence-electron chi connectivity index (χ2n) is 5.73. The Balaban J connectivity index is 3.27. The molecule has 1 nitrogen and oxygen atoms in total. The van der Waals surface area contributed by atoms with Gasteiger partial charge in [0.25, 0.3) is 0 Å². The van der Waals surface area contributed by atoms with Crippen LogP contribution in [0.5, 0.6) is 0 Å². The van der Waals surface area contributed by atoms with Crippen molar-refractivity contribution in [3.63, 3.8) is 0 Å². The Morgan fingerprint density at radius 2 is 1.38 bits per heavy atom. The third-order valence-corrected chi connectivity index (χ3v) is 7.34. The van der Waals surface area contributed by atoms with Gasteiger partial charge in [0.2, 0.25) is 0 Å². The van der Waals surface area contributed by atoms with Crippen LogP contribution in [-0.2, 0) is 4.43 Å². The molecule has 0 spiro atoms. The Kier molecular flexibility index (Phi) is 9.33. The SMILES string of the molecule is CCCCCCCCCO[Si](C)(C)C(C)C. The van der Waals surface area contributed by atoms with Gasteiger partial charge in [-0.1, -0.05) is 59.3 Å². The molecule has 0 aromatic carbocycles. The molecule has 0 saturated carbocycles. The molecular formula is C14H32OSi. The van der Waals surface area contributed by atoms with E-state index in [1.54, 1.807) is 0 Å². The van der Waals surface area contributed by atoms with Crippen molar-refractivity contribution in [2.24, 2.45) is 0 Å². The minimum Gasteiger partial charge on any atom is -0.417 e. The minimum absolute atomic E-state index is 0.733. The molecule has 0 radical (unpaired) electrons. The van der Waals surface area contributed by atoms with Gasteiger partial charge in [-0.15, -0.1) is 0 Å². The van der Waals surface area contributed by atoms with Crippen LogP contribution in [0, 0.1) is 0 Å². The highest BCUT2D eigenvalue weighted by molar-refractivity contribution is 6.72. The number of hydrogen-bond donors (Lipinski definition) is 0. The van der Waals surface area contributed by atoms with Gasteiger partial charge in [-0.25, -0.2) is 0 Å². The van der Waals surface area contributed by atoms with E-state index in [1.807, 2.05) is 0 Å². The minimum atomic E-state index is -1.36. The van der Waals surface area contributed by atoms with E-state index in [4.69, 9.17) is 4.43 Å². The molecule has 0 heterocycles. The van der Waals surface area contributed by atoms with E-state index in [9.17, 15) is 0 Å². The third kappa shape index (κ3) is 8.34. The largest absolute Gasteiger partial charge is 0.417 e. The predicted molar refractivity (Wildman–Crippen MR) is 76.5 cm³/mol. The molecule has 0 rings (SSSR count). The Labute approximate surface area is 104 Å². The van der Waals surface area contributed by atoms with Crippen molar-refractivity contribution in [1.29, 1.82) is 0 Å². The van der Waals surface area contributed by atoms with Crippen molar-refractivity contribution in [2.45, 2.75) is 84.4 Å². The number of rotatable bonds is 10. The van der Waals surface area contributed by atoms with Crippen LogP contribution in [-0.4, -0.2) is 14.9 Å². The van der Waals surface area contributed by atoms with E-state index in [0.717, 1.165) is 12.1 Å². The van der Waals surface area contributed by atoms with Crippen molar-refractivity contribution in [3.8, 4) is 0 Å². The first-order chi connectivity index (χ1) is 7.50. The molecule has 98 valence electrons. The van der Waals surface area contributed by atoms with E-state index < -0.39 is 8.32 Å². The molecule has 16 heavy (non-hydrogen) atoms. The van der Waals surface area contributed by atoms with Crippen molar-refractivity contribution in [1.82, 2.24) is 0 Å². The van der Waals surface area contributed by atoms with Crippen LogP contribution in [0.2, 0.25) is 18.6 Å².